The van der Waals surface area contributed by atoms with Gasteiger partial charge in [-0.25, -0.2) is 14.4 Å². The van der Waals surface area contributed by atoms with Crippen LogP contribution in [0.1, 0.15) is 5.56 Å². The monoisotopic (exact) mass is 256 g/mol. The number of aromatic nitrogens is 3. The smallest absolute Gasteiger partial charge is 0.152 e. The summed E-state index contributed by atoms with van der Waals surface area (Å²) in [5, 5.41) is 3.22. The first kappa shape index (κ1) is 11.6. The summed E-state index contributed by atoms with van der Waals surface area (Å²) in [5.41, 5.74) is 2.71. The van der Waals surface area contributed by atoms with E-state index in [9.17, 15) is 4.39 Å². The second-order valence-corrected chi connectivity index (χ2v) is 4.37. The standard InChI is InChI=1S/C14H13FN4/c1-19-9-18-12-5-6-16-14(13(12)19)17-8-10-3-2-4-11(15)7-10/h2-7,9H,8H2,1H3,(H,16,17). The van der Waals surface area contributed by atoms with Crippen LogP contribution in [0.5, 0.6) is 0 Å². The van der Waals surface area contributed by atoms with Gasteiger partial charge in [0.1, 0.15) is 11.3 Å². The lowest BCUT2D eigenvalue weighted by Crippen LogP contribution is -2.03. The molecule has 4 nitrogen and oxygen atoms in total. The Morgan fingerprint density at radius 1 is 1.26 bits per heavy atom. The molecule has 1 aromatic carbocycles. The number of benzene rings is 1. The Hall–Kier alpha value is -2.43. The lowest BCUT2D eigenvalue weighted by Gasteiger charge is -2.08. The summed E-state index contributed by atoms with van der Waals surface area (Å²) in [7, 11) is 1.92. The molecule has 2 aromatic heterocycles. The first-order valence-corrected chi connectivity index (χ1v) is 5.98. The van der Waals surface area contributed by atoms with Crippen LogP contribution in [0.3, 0.4) is 0 Å². The quantitative estimate of drug-likeness (QED) is 0.783. The van der Waals surface area contributed by atoms with Crippen LogP contribution in [0.2, 0.25) is 0 Å². The van der Waals surface area contributed by atoms with Gasteiger partial charge in [-0.15, -0.1) is 0 Å². The third-order valence-corrected chi connectivity index (χ3v) is 2.97. The Labute approximate surface area is 109 Å². The molecule has 3 aromatic rings. The van der Waals surface area contributed by atoms with Gasteiger partial charge in [0.15, 0.2) is 5.82 Å². The topological polar surface area (TPSA) is 42.7 Å². The fraction of sp³-hybridized carbons (Fsp3) is 0.143. The molecule has 3 rings (SSSR count). The minimum atomic E-state index is -0.231. The number of halogens is 1. The number of fused-ring (bicyclic) bond motifs is 1. The van der Waals surface area contributed by atoms with Gasteiger partial charge in [0.25, 0.3) is 0 Å². The number of hydrogen-bond acceptors (Lipinski definition) is 3. The Morgan fingerprint density at radius 3 is 3.00 bits per heavy atom. The zero-order chi connectivity index (χ0) is 13.2. The van der Waals surface area contributed by atoms with Crippen LogP contribution < -0.4 is 5.32 Å². The SMILES string of the molecule is Cn1cnc2ccnc(NCc3cccc(F)c3)c21. The molecular weight excluding hydrogens is 243 g/mol. The van der Waals surface area contributed by atoms with E-state index in [4.69, 9.17) is 0 Å². The number of anilines is 1. The average Bonchev–Trinajstić information content (AvgIpc) is 2.79. The van der Waals surface area contributed by atoms with E-state index < -0.39 is 0 Å². The number of imidazole rings is 1. The molecule has 0 saturated carbocycles. The number of nitrogens with zero attached hydrogens (tertiary/aromatic N) is 3. The molecule has 0 radical (unpaired) electrons. The highest BCUT2D eigenvalue weighted by Gasteiger charge is 2.06. The highest BCUT2D eigenvalue weighted by atomic mass is 19.1. The molecule has 0 amide bonds. The third kappa shape index (κ3) is 2.27. The summed E-state index contributed by atoms with van der Waals surface area (Å²) in [6, 6.07) is 8.38. The van der Waals surface area contributed by atoms with Gasteiger partial charge in [-0.05, 0) is 23.8 Å². The summed E-state index contributed by atoms with van der Waals surface area (Å²) < 4.78 is 15.0. The van der Waals surface area contributed by atoms with Gasteiger partial charge in [-0.2, -0.15) is 0 Å². The molecule has 0 unspecified atom stereocenters. The second kappa shape index (κ2) is 4.68. The van der Waals surface area contributed by atoms with E-state index in [0.717, 1.165) is 22.4 Å². The van der Waals surface area contributed by atoms with Gasteiger partial charge in [0.2, 0.25) is 0 Å². The Morgan fingerprint density at radius 2 is 2.16 bits per heavy atom. The van der Waals surface area contributed by atoms with Crippen molar-refractivity contribution >= 4 is 16.9 Å². The Kier molecular flexibility index (Phi) is 2.87. The summed E-state index contributed by atoms with van der Waals surface area (Å²) >= 11 is 0. The van der Waals surface area contributed by atoms with Gasteiger partial charge in [0.05, 0.1) is 11.8 Å². The minimum Gasteiger partial charge on any atom is -0.364 e. The second-order valence-electron chi connectivity index (χ2n) is 4.37. The average molecular weight is 256 g/mol. The van der Waals surface area contributed by atoms with Crippen molar-refractivity contribution in [1.82, 2.24) is 14.5 Å². The number of pyridine rings is 1. The van der Waals surface area contributed by atoms with E-state index in [1.54, 1.807) is 18.6 Å². The summed E-state index contributed by atoms with van der Waals surface area (Å²) in [6.45, 7) is 0.523. The zero-order valence-corrected chi connectivity index (χ0v) is 10.5. The molecular formula is C14H13FN4. The number of aryl methyl sites for hydroxylation is 1. The van der Waals surface area contributed by atoms with Crippen LogP contribution in [0.25, 0.3) is 11.0 Å². The van der Waals surface area contributed by atoms with Crippen molar-refractivity contribution in [3.05, 3.63) is 54.2 Å². The molecule has 0 fully saturated rings. The maximum Gasteiger partial charge on any atom is 0.152 e. The maximum atomic E-state index is 13.1. The van der Waals surface area contributed by atoms with Crippen molar-refractivity contribution in [1.29, 1.82) is 0 Å². The van der Waals surface area contributed by atoms with Crippen molar-refractivity contribution in [2.45, 2.75) is 6.54 Å². The van der Waals surface area contributed by atoms with Crippen LogP contribution in [0.15, 0.2) is 42.9 Å². The zero-order valence-electron chi connectivity index (χ0n) is 10.5. The first-order chi connectivity index (χ1) is 9.24. The number of nitrogens with one attached hydrogen (secondary N) is 1. The third-order valence-electron chi connectivity index (χ3n) is 2.97. The Balaban J connectivity index is 1.88. The van der Waals surface area contributed by atoms with Gasteiger partial charge in [-0.3, -0.25) is 0 Å². The van der Waals surface area contributed by atoms with Crippen molar-refractivity contribution in [2.24, 2.45) is 7.05 Å². The van der Waals surface area contributed by atoms with E-state index in [1.807, 2.05) is 23.7 Å². The summed E-state index contributed by atoms with van der Waals surface area (Å²) in [4.78, 5) is 8.58. The van der Waals surface area contributed by atoms with Crippen LogP contribution in [0, 0.1) is 5.82 Å². The van der Waals surface area contributed by atoms with E-state index in [2.05, 4.69) is 15.3 Å². The van der Waals surface area contributed by atoms with Gasteiger partial charge in [-0.1, -0.05) is 12.1 Å². The van der Waals surface area contributed by atoms with Gasteiger partial charge < -0.3 is 9.88 Å². The highest BCUT2D eigenvalue weighted by molar-refractivity contribution is 5.85. The molecule has 1 N–H and O–H groups in total. The molecule has 2 heterocycles. The lowest BCUT2D eigenvalue weighted by atomic mass is 10.2. The summed E-state index contributed by atoms with van der Waals surface area (Å²) in [5.74, 6) is 0.521. The molecule has 0 saturated heterocycles. The lowest BCUT2D eigenvalue weighted by molar-refractivity contribution is 0.626. The number of rotatable bonds is 3. The van der Waals surface area contributed by atoms with Crippen LogP contribution in [-0.4, -0.2) is 14.5 Å². The first-order valence-electron chi connectivity index (χ1n) is 5.98. The van der Waals surface area contributed by atoms with Crippen molar-refractivity contribution < 1.29 is 4.39 Å². The maximum absolute atomic E-state index is 13.1. The largest absolute Gasteiger partial charge is 0.364 e. The minimum absolute atomic E-state index is 0.231. The molecule has 0 aliphatic heterocycles. The molecule has 19 heavy (non-hydrogen) atoms. The molecule has 0 bridgehead atoms. The molecule has 0 aliphatic rings. The van der Waals surface area contributed by atoms with E-state index >= 15 is 0 Å². The highest BCUT2D eigenvalue weighted by Crippen LogP contribution is 2.19. The van der Waals surface area contributed by atoms with Crippen LogP contribution in [0.4, 0.5) is 10.2 Å². The van der Waals surface area contributed by atoms with Gasteiger partial charge >= 0.3 is 0 Å². The van der Waals surface area contributed by atoms with Crippen molar-refractivity contribution in [2.75, 3.05) is 5.32 Å². The Bertz CT molecular complexity index is 720. The van der Waals surface area contributed by atoms with Crippen LogP contribution >= 0.6 is 0 Å². The van der Waals surface area contributed by atoms with Gasteiger partial charge in [0, 0.05) is 19.8 Å². The van der Waals surface area contributed by atoms with E-state index in [-0.39, 0.29) is 5.82 Å². The fourth-order valence-corrected chi connectivity index (χ4v) is 2.06. The van der Waals surface area contributed by atoms with Crippen LogP contribution in [-0.2, 0) is 13.6 Å². The molecule has 96 valence electrons. The molecule has 5 heteroatoms. The van der Waals surface area contributed by atoms with Crippen molar-refractivity contribution in [3.8, 4) is 0 Å². The molecule has 0 atom stereocenters. The predicted octanol–water partition coefficient (Wildman–Crippen LogP) is 2.72. The van der Waals surface area contributed by atoms with E-state index in [0.29, 0.717) is 6.54 Å². The van der Waals surface area contributed by atoms with Crippen molar-refractivity contribution in [3.63, 3.8) is 0 Å². The predicted molar refractivity (Wildman–Crippen MR) is 72.2 cm³/mol. The normalized spacial score (nSPS) is 10.8. The molecule has 0 aliphatic carbocycles. The summed E-state index contributed by atoms with van der Waals surface area (Å²) in [6.07, 6.45) is 3.46. The number of hydrogen-bond donors (Lipinski definition) is 1. The fourth-order valence-electron chi connectivity index (χ4n) is 2.06. The van der Waals surface area contributed by atoms with E-state index in [1.165, 1.54) is 12.1 Å². The molecule has 0 spiro atoms.